The van der Waals surface area contributed by atoms with E-state index in [1.807, 2.05) is 6.92 Å². The Morgan fingerprint density at radius 3 is 2.37 bits per heavy atom. The van der Waals surface area contributed by atoms with Crippen molar-refractivity contribution in [1.29, 1.82) is 0 Å². The predicted octanol–water partition coefficient (Wildman–Crippen LogP) is 2.03. The second-order valence-corrected chi connectivity index (χ2v) is 6.78. The number of nitrogens with one attached hydrogen (secondary N) is 1. The van der Waals surface area contributed by atoms with Gasteiger partial charge >= 0.3 is 12.0 Å². The van der Waals surface area contributed by atoms with Crippen molar-refractivity contribution in [2.45, 2.75) is 34.6 Å². The Bertz CT molecular complexity index is 349. The lowest BCUT2D eigenvalue weighted by Crippen LogP contribution is -2.42. The van der Waals surface area contributed by atoms with Gasteiger partial charge in [0.15, 0.2) is 0 Å². The molecule has 0 aliphatic carbocycles. The summed E-state index contributed by atoms with van der Waals surface area (Å²) in [5, 5.41) is 12.0. The molecular formula is C14H26N2O3. The minimum atomic E-state index is -0.814. The van der Waals surface area contributed by atoms with Gasteiger partial charge in [0.05, 0.1) is 5.92 Å². The number of carboxylic acids is 1. The van der Waals surface area contributed by atoms with Crippen LogP contribution >= 0.6 is 0 Å². The SMILES string of the molecule is CC1CN(C(=O)NCC(C)C(C)(C)C)CC1C(=O)O. The zero-order valence-corrected chi connectivity index (χ0v) is 12.6. The number of nitrogens with zero attached hydrogens (tertiary/aromatic N) is 1. The van der Waals surface area contributed by atoms with Crippen LogP contribution in [0.1, 0.15) is 34.6 Å². The lowest BCUT2D eigenvalue weighted by atomic mass is 9.82. The third kappa shape index (κ3) is 4.11. The van der Waals surface area contributed by atoms with Crippen molar-refractivity contribution in [1.82, 2.24) is 10.2 Å². The summed E-state index contributed by atoms with van der Waals surface area (Å²) in [7, 11) is 0. The predicted molar refractivity (Wildman–Crippen MR) is 73.9 cm³/mol. The first-order valence-corrected chi connectivity index (χ1v) is 6.88. The molecule has 110 valence electrons. The zero-order chi connectivity index (χ0) is 14.8. The minimum absolute atomic E-state index is 0.0169. The summed E-state index contributed by atoms with van der Waals surface area (Å²) < 4.78 is 0. The fourth-order valence-electron chi connectivity index (χ4n) is 2.11. The molecule has 2 N–H and O–H groups in total. The molecule has 3 unspecified atom stereocenters. The molecule has 0 saturated carbocycles. The first kappa shape index (κ1) is 15.8. The van der Waals surface area contributed by atoms with Crippen LogP contribution in [0.2, 0.25) is 0 Å². The number of amides is 2. The Kier molecular flexibility index (Phi) is 4.82. The number of urea groups is 1. The number of hydrogen-bond acceptors (Lipinski definition) is 2. The van der Waals surface area contributed by atoms with E-state index in [0.29, 0.717) is 25.6 Å². The molecule has 1 aliphatic heterocycles. The molecule has 1 saturated heterocycles. The van der Waals surface area contributed by atoms with Crippen LogP contribution in [-0.2, 0) is 4.79 Å². The van der Waals surface area contributed by atoms with Crippen LogP contribution in [0.4, 0.5) is 4.79 Å². The van der Waals surface area contributed by atoms with Crippen molar-refractivity contribution >= 4 is 12.0 Å². The van der Waals surface area contributed by atoms with E-state index in [2.05, 4.69) is 33.0 Å². The van der Waals surface area contributed by atoms with Crippen molar-refractivity contribution in [2.24, 2.45) is 23.2 Å². The number of likely N-dealkylation sites (tertiary alicyclic amines) is 1. The summed E-state index contributed by atoms with van der Waals surface area (Å²) in [6.07, 6.45) is 0. The van der Waals surface area contributed by atoms with Crippen LogP contribution in [0.15, 0.2) is 0 Å². The molecule has 1 fully saturated rings. The molecule has 0 aromatic carbocycles. The minimum Gasteiger partial charge on any atom is -0.481 e. The molecule has 1 rings (SSSR count). The fourth-order valence-corrected chi connectivity index (χ4v) is 2.11. The maximum atomic E-state index is 12.0. The van der Waals surface area contributed by atoms with E-state index in [-0.39, 0.29) is 17.4 Å². The Morgan fingerprint density at radius 1 is 1.37 bits per heavy atom. The smallest absolute Gasteiger partial charge is 0.317 e. The maximum Gasteiger partial charge on any atom is 0.317 e. The van der Waals surface area contributed by atoms with Crippen molar-refractivity contribution in [3.05, 3.63) is 0 Å². The van der Waals surface area contributed by atoms with Crippen LogP contribution in [0.5, 0.6) is 0 Å². The van der Waals surface area contributed by atoms with E-state index in [4.69, 9.17) is 5.11 Å². The standard InChI is InChI=1S/C14H26N2O3/c1-9-7-16(8-11(9)12(17)18)13(19)15-6-10(2)14(3,4)5/h9-11H,6-8H2,1-5H3,(H,15,19)(H,17,18). The van der Waals surface area contributed by atoms with Gasteiger partial charge in [0.2, 0.25) is 0 Å². The van der Waals surface area contributed by atoms with Gasteiger partial charge in [0.1, 0.15) is 0 Å². The highest BCUT2D eigenvalue weighted by molar-refractivity contribution is 5.77. The van der Waals surface area contributed by atoms with Gasteiger partial charge in [-0.2, -0.15) is 0 Å². The fraction of sp³-hybridized carbons (Fsp3) is 0.857. The summed E-state index contributed by atoms with van der Waals surface area (Å²) in [5.74, 6) is -0.869. The molecule has 0 bridgehead atoms. The largest absolute Gasteiger partial charge is 0.481 e. The van der Waals surface area contributed by atoms with Gasteiger partial charge in [0.25, 0.3) is 0 Å². The topological polar surface area (TPSA) is 69.6 Å². The maximum absolute atomic E-state index is 12.0. The van der Waals surface area contributed by atoms with Crippen molar-refractivity contribution in [2.75, 3.05) is 19.6 Å². The molecule has 5 nitrogen and oxygen atoms in total. The third-order valence-electron chi connectivity index (χ3n) is 4.25. The van der Waals surface area contributed by atoms with Gasteiger partial charge in [-0.3, -0.25) is 4.79 Å². The molecule has 19 heavy (non-hydrogen) atoms. The van der Waals surface area contributed by atoms with Crippen LogP contribution in [0.25, 0.3) is 0 Å². The zero-order valence-electron chi connectivity index (χ0n) is 12.6. The molecular weight excluding hydrogens is 244 g/mol. The molecule has 0 aromatic heterocycles. The second kappa shape index (κ2) is 5.80. The normalized spacial score (nSPS) is 25.2. The lowest BCUT2D eigenvalue weighted by Gasteiger charge is -2.28. The first-order valence-electron chi connectivity index (χ1n) is 6.88. The quantitative estimate of drug-likeness (QED) is 0.824. The summed E-state index contributed by atoms with van der Waals surface area (Å²) >= 11 is 0. The molecule has 1 heterocycles. The van der Waals surface area contributed by atoms with Crippen LogP contribution in [0.3, 0.4) is 0 Å². The van der Waals surface area contributed by atoms with Crippen LogP contribution in [0, 0.1) is 23.2 Å². The lowest BCUT2D eigenvalue weighted by molar-refractivity contribution is -0.142. The van der Waals surface area contributed by atoms with Crippen molar-refractivity contribution in [3.8, 4) is 0 Å². The Morgan fingerprint density at radius 2 is 1.95 bits per heavy atom. The Balaban J connectivity index is 2.46. The van der Waals surface area contributed by atoms with Crippen LogP contribution in [-0.4, -0.2) is 41.6 Å². The number of carbonyl (C=O) groups excluding carboxylic acids is 1. The van der Waals surface area contributed by atoms with E-state index in [0.717, 1.165) is 0 Å². The van der Waals surface area contributed by atoms with Gasteiger partial charge < -0.3 is 15.3 Å². The second-order valence-electron chi connectivity index (χ2n) is 6.78. The third-order valence-corrected chi connectivity index (χ3v) is 4.25. The highest BCUT2D eigenvalue weighted by Crippen LogP contribution is 2.25. The van der Waals surface area contributed by atoms with E-state index in [1.165, 1.54) is 0 Å². The van der Waals surface area contributed by atoms with Gasteiger partial charge in [-0.25, -0.2) is 4.79 Å². The molecule has 0 radical (unpaired) electrons. The van der Waals surface area contributed by atoms with Crippen molar-refractivity contribution < 1.29 is 14.7 Å². The molecule has 1 aliphatic rings. The molecule has 0 spiro atoms. The number of hydrogen-bond donors (Lipinski definition) is 2. The monoisotopic (exact) mass is 270 g/mol. The Hall–Kier alpha value is -1.26. The van der Waals surface area contributed by atoms with E-state index >= 15 is 0 Å². The molecule has 3 atom stereocenters. The summed E-state index contributed by atoms with van der Waals surface area (Å²) in [6.45, 7) is 11.9. The van der Waals surface area contributed by atoms with Gasteiger partial charge in [0, 0.05) is 19.6 Å². The summed E-state index contributed by atoms with van der Waals surface area (Å²) in [5.41, 5.74) is 0.148. The number of carbonyl (C=O) groups is 2. The molecule has 5 heteroatoms. The number of carboxylic acid groups (broad SMARTS) is 1. The van der Waals surface area contributed by atoms with E-state index in [1.54, 1.807) is 4.90 Å². The van der Waals surface area contributed by atoms with E-state index < -0.39 is 11.9 Å². The highest BCUT2D eigenvalue weighted by Gasteiger charge is 2.37. The van der Waals surface area contributed by atoms with Crippen molar-refractivity contribution in [3.63, 3.8) is 0 Å². The number of rotatable bonds is 3. The summed E-state index contributed by atoms with van der Waals surface area (Å²) in [4.78, 5) is 24.6. The van der Waals surface area contributed by atoms with Crippen LogP contribution < -0.4 is 5.32 Å². The molecule has 2 amide bonds. The van der Waals surface area contributed by atoms with E-state index in [9.17, 15) is 9.59 Å². The average molecular weight is 270 g/mol. The summed E-state index contributed by atoms with van der Waals surface area (Å²) in [6, 6.07) is -0.147. The first-order chi connectivity index (χ1) is 8.62. The number of aliphatic carboxylic acids is 1. The average Bonchev–Trinajstić information content (AvgIpc) is 2.66. The highest BCUT2D eigenvalue weighted by atomic mass is 16.4. The Labute approximate surface area is 115 Å². The van der Waals surface area contributed by atoms with Gasteiger partial charge in [-0.1, -0.05) is 34.6 Å². The van der Waals surface area contributed by atoms with Gasteiger partial charge in [-0.15, -0.1) is 0 Å². The van der Waals surface area contributed by atoms with Gasteiger partial charge in [-0.05, 0) is 17.3 Å². The molecule has 0 aromatic rings.